The van der Waals surface area contributed by atoms with Crippen molar-refractivity contribution in [2.45, 2.75) is 31.8 Å². The van der Waals surface area contributed by atoms with E-state index in [-0.39, 0.29) is 24.3 Å². The topological polar surface area (TPSA) is 38.8 Å². The Labute approximate surface area is 198 Å². The molecule has 3 aromatic carbocycles. The number of nitrogens with zero attached hydrogens (tertiary/aromatic N) is 1. The molecule has 1 aliphatic carbocycles. The van der Waals surface area contributed by atoms with E-state index in [9.17, 15) is 9.18 Å². The second-order valence-corrected chi connectivity index (χ2v) is 8.50. The van der Waals surface area contributed by atoms with Crippen LogP contribution in [-0.2, 0) is 16.1 Å². The van der Waals surface area contributed by atoms with Crippen molar-refractivity contribution in [3.8, 4) is 5.75 Å². The highest BCUT2D eigenvalue weighted by Crippen LogP contribution is 2.46. The van der Waals surface area contributed by atoms with E-state index in [2.05, 4.69) is 0 Å². The molecule has 0 amide bonds. The summed E-state index contributed by atoms with van der Waals surface area (Å²) in [7, 11) is 1.63. The average molecular weight is 456 g/mol. The fourth-order valence-corrected chi connectivity index (χ4v) is 4.77. The molecule has 0 saturated carbocycles. The van der Waals surface area contributed by atoms with Crippen molar-refractivity contribution in [3.63, 3.8) is 0 Å². The SMILES string of the molecule is COc1ccc(N2C(C(=O)OCc3ccccc3)=CC(c3ccc(F)cc3)C3=C2CCC3)cc1. The van der Waals surface area contributed by atoms with E-state index in [1.54, 1.807) is 19.2 Å². The highest BCUT2D eigenvalue weighted by Gasteiger charge is 2.36. The van der Waals surface area contributed by atoms with Crippen molar-refractivity contribution in [2.75, 3.05) is 12.0 Å². The number of hydrogen-bond acceptors (Lipinski definition) is 4. The monoisotopic (exact) mass is 455 g/mol. The zero-order chi connectivity index (χ0) is 23.5. The van der Waals surface area contributed by atoms with Gasteiger partial charge < -0.3 is 14.4 Å². The van der Waals surface area contributed by atoms with Crippen molar-refractivity contribution in [2.24, 2.45) is 0 Å². The minimum absolute atomic E-state index is 0.0909. The number of carbonyl (C=O) groups excluding carboxylic acids is 1. The molecule has 0 N–H and O–H groups in total. The molecular weight excluding hydrogens is 429 g/mol. The zero-order valence-electron chi connectivity index (χ0n) is 19.0. The summed E-state index contributed by atoms with van der Waals surface area (Å²) in [5.41, 5.74) is 5.65. The van der Waals surface area contributed by atoms with Gasteiger partial charge in [-0.1, -0.05) is 42.5 Å². The van der Waals surface area contributed by atoms with Crippen LogP contribution >= 0.6 is 0 Å². The molecule has 4 nitrogen and oxygen atoms in total. The van der Waals surface area contributed by atoms with Crippen LogP contribution in [0.5, 0.6) is 5.75 Å². The third-order valence-electron chi connectivity index (χ3n) is 6.42. The van der Waals surface area contributed by atoms with Crippen LogP contribution in [0.4, 0.5) is 10.1 Å². The molecule has 5 rings (SSSR count). The minimum Gasteiger partial charge on any atom is -0.497 e. The van der Waals surface area contributed by atoms with Gasteiger partial charge in [0.1, 0.15) is 23.9 Å². The molecule has 1 atom stereocenters. The molecule has 2 aliphatic rings. The lowest BCUT2D eigenvalue weighted by molar-refractivity contribution is -0.140. The van der Waals surface area contributed by atoms with Gasteiger partial charge in [0, 0.05) is 17.3 Å². The molecule has 172 valence electrons. The Morgan fingerprint density at radius 2 is 1.71 bits per heavy atom. The molecule has 0 aromatic heterocycles. The summed E-state index contributed by atoms with van der Waals surface area (Å²) in [6.07, 6.45) is 4.78. The van der Waals surface area contributed by atoms with E-state index < -0.39 is 0 Å². The number of carbonyl (C=O) groups is 1. The highest BCUT2D eigenvalue weighted by molar-refractivity contribution is 5.95. The van der Waals surface area contributed by atoms with E-state index in [4.69, 9.17) is 9.47 Å². The number of esters is 1. The molecule has 1 heterocycles. The minimum atomic E-state index is -0.384. The van der Waals surface area contributed by atoms with Crippen molar-refractivity contribution < 1.29 is 18.7 Å². The third-order valence-corrected chi connectivity index (χ3v) is 6.42. The van der Waals surface area contributed by atoms with Gasteiger partial charge in [-0.2, -0.15) is 0 Å². The standard InChI is InChI=1S/C29H26FNO3/c1-33-24-16-14-23(15-17-24)31-27-9-5-8-25(27)26(21-10-12-22(30)13-11-21)18-28(31)29(32)34-19-20-6-3-2-4-7-20/h2-4,6-7,10-18,26H,5,8-9,19H2,1H3. The number of hydrogen-bond donors (Lipinski definition) is 0. The van der Waals surface area contributed by atoms with E-state index >= 15 is 0 Å². The van der Waals surface area contributed by atoms with Crippen molar-refractivity contribution in [1.29, 1.82) is 0 Å². The lowest BCUT2D eigenvalue weighted by atomic mass is 9.86. The fourth-order valence-electron chi connectivity index (χ4n) is 4.77. The molecule has 0 saturated heterocycles. The van der Waals surface area contributed by atoms with Gasteiger partial charge >= 0.3 is 5.97 Å². The Bertz CT molecular complexity index is 1230. The summed E-state index contributed by atoms with van der Waals surface area (Å²) in [5.74, 6) is 0.00591. The number of methoxy groups -OCH3 is 1. The highest BCUT2D eigenvalue weighted by atomic mass is 19.1. The predicted molar refractivity (Wildman–Crippen MR) is 130 cm³/mol. The van der Waals surface area contributed by atoms with Crippen molar-refractivity contribution >= 4 is 11.7 Å². The van der Waals surface area contributed by atoms with Crippen LogP contribution in [0.2, 0.25) is 0 Å². The first-order chi connectivity index (χ1) is 16.6. The molecule has 1 aliphatic heterocycles. The van der Waals surface area contributed by atoms with Gasteiger partial charge in [0.05, 0.1) is 7.11 Å². The van der Waals surface area contributed by atoms with E-state index in [0.717, 1.165) is 47.5 Å². The summed E-state index contributed by atoms with van der Waals surface area (Å²) in [4.78, 5) is 15.5. The molecule has 34 heavy (non-hydrogen) atoms. The summed E-state index contributed by atoms with van der Waals surface area (Å²) in [6, 6.07) is 23.9. The van der Waals surface area contributed by atoms with E-state index in [1.165, 1.54) is 17.7 Å². The molecule has 0 spiro atoms. The Balaban J connectivity index is 1.54. The van der Waals surface area contributed by atoms with Crippen LogP contribution in [0.3, 0.4) is 0 Å². The largest absolute Gasteiger partial charge is 0.497 e. The smallest absolute Gasteiger partial charge is 0.355 e. The number of rotatable bonds is 6. The van der Waals surface area contributed by atoms with Crippen LogP contribution in [0.1, 0.15) is 36.3 Å². The van der Waals surface area contributed by atoms with Gasteiger partial charge in [-0.25, -0.2) is 9.18 Å². The third kappa shape index (κ3) is 4.34. The number of anilines is 1. The van der Waals surface area contributed by atoms with Crippen LogP contribution in [0.25, 0.3) is 0 Å². The Hall–Kier alpha value is -3.86. The number of benzene rings is 3. The molecule has 0 radical (unpaired) electrons. The van der Waals surface area contributed by atoms with E-state index in [0.29, 0.717) is 5.70 Å². The van der Waals surface area contributed by atoms with Crippen LogP contribution < -0.4 is 9.64 Å². The number of halogens is 1. The van der Waals surface area contributed by atoms with Crippen molar-refractivity contribution in [3.05, 3.63) is 119 Å². The van der Waals surface area contributed by atoms with Crippen LogP contribution in [0, 0.1) is 5.82 Å². The zero-order valence-corrected chi connectivity index (χ0v) is 19.0. The number of allylic oxidation sites excluding steroid dienone is 3. The average Bonchev–Trinajstić information content (AvgIpc) is 3.37. The van der Waals surface area contributed by atoms with E-state index in [1.807, 2.05) is 65.6 Å². The maximum atomic E-state index is 13.6. The first-order valence-electron chi connectivity index (χ1n) is 11.5. The van der Waals surface area contributed by atoms with Gasteiger partial charge in [0.25, 0.3) is 0 Å². The van der Waals surface area contributed by atoms with Crippen LogP contribution in [-0.4, -0.2) is 13.1 Å². The number of ether oxygens (including phenoxy) is 2. The first-order valence-corrected chi connectivity index (χ1v) is 11.5. The molecule has 0 bridgehead atoms. The first kappa shape index (κ1) is 22.0. The normalized spacial score (nSPS) is 17.3. The van der Waals surface area contributed by atoms with Gasteiger partial charge in [-0.05, 0) is 78.4 Å². The van der Waals surface area contributed by atoms with Gasteiger partial charge in [0.15, 0.2) is 0 Å². The molecule has 5 heteroatoms. The van der Waals surface area contributed by atoms with Crippen molar-refractivity contribution in [1.82, 2.24) is 0 Å². The van der Waals surface area contributed by atoms with Gasteiger partial charge in [-0.3, -0.25) is 0 Å². The maximum Gasteiger partial charge on any atom is 0.355 e. The molecular formula is C29H26FNO3. The van der Waals surface area contributed by atoms with Gasteiger partial charge in [0.2, 0.25) is 0 Å². The molecule has 3 aromatic rings. The Kier molecular flexibility index (Phi) is 6.17. The summed E-state index contributed by atoms with van der Waals surface area (Å²) < 4.78 is 24.7. The van der Waals surface area contributed by atoms with Gasteiger partial charge in [-0.15, -0.1) is 0 Å². The maximum absolute atomic E-state index is 13.6. The summed E-state index contributed by atoms with van der Waals surface area (Å²) in [6.45, 7) is 0.195. The molecule has 0 fully saturated rings. The Morgan fingerprint density at radius 1 is 0.971 bits per heavy atom. The summed E-state index contributed by atoms with van der Waals surface area (Å²) >= 11 is 0. The predicted octanol–water partition coefficient (Wildman–Crippen LogP) is 6.50. The second-order valence-electron chi connectivity index (χ2n) is 8.50. The molecule has 1 unspecified atom stereocenters. The van der Waals surface area contributed by atoms with Crippen LogP contribution in [0.15, 0.2) is 102 Å². The fraction of sp³-hybridized carbons (Fsp3) is 0.207. The summed E-state index contributed by atoms with van der Waals surface area (Å²) in [5, 5.41) is 0. The quantitative estimate of drug-likeness (QED) is 0.398. The second kappa shape index (κ2) is 9.56. The Morgan fingerprint density at radius 3 is 2.41 bits per heavy atom. The lowest BCUT2D eigenvalue weighted by Crippen LogP contribution is -2.32. The lowest BCUT2D eigenvalue weighted by Gasteiger charge is -2.35.